The Balaban J connectivity index is 1.30. The van der Waals surface area contributed by atoms with Gasteiger partial charge >= 0.3 is 0 Å². The number of nitrogens with zero attached hydrogens (tertiary/aromatic N) is 2. The fourth-order valence-corrected chi connectivity index (χ4v) is 4.02. The summed E-state index contributed by atoms with van der Waals surface area (Å²) >= 11 is 1.52. The highest BCUT2D eigenvalue weighted by atomic mass is 32.1. The van der Waals surface area contributed by atoms with Gasteiger partial charge in [-0.05, 0) is 18.2 Å². The molecule has 0 radical (unpaired) electrons. The third-order valence-electron chi connectivity index (χ3n) is 4.45. The van der Waals surface area contributed by atoms with Crippen LogP contribution in [0.5, 0.6) is 0 Å². The Morgan fingerprint density at radius 1 is 1.20 bits per heavy atom. The van der Waals surface area contributed by atoms with E-state index in [-0.39, 0.29) is 5.91 Å². The molecule has 128 valence electrons. The van der Waals surface area contributed by atoms with Gasteiger partial charge in [0.25, 0.3) is 11.7 Å². The molecule has 0 saturated carbocycles. The number of H-pyrrole nitrogens is 1. The van der Waals surface area contributed by atoms with Crippen LogP contribution in [0.25, 0.3) is 10.2 Å². The quantitative estimate of drug-likeness (QED) is 0.714. The van der Waals surface area contributed by atoms with E-state index in [0.717, 1.165) is 42.2 Å². The van der Waals surface area contributed by atoms with Crippen LogP contribution in [0.1, 0.15) is 0 Å². The van der Waals surface area contributed by atoms with Crippen molar-refractivity contribution in [3.05, 3.63) is 48.7 Å². The summed E-state index contributed by atoms with van der Waals surface area (Å²) in [4.78, 5) is 23.7. The molecule has 7 heteroatoms. The highest BCUT2D eigenvalue weighted by Crippen LogP contribution is 2.25. The molecule has 1 aliphatic heterocycles. The van der Waals surface area contributed by atoms with Crippen LogP contribution in [0, 0.1) is 0 Å². The molecule has 0 atom stereocenters. The highest BCUT2D eigenvalue weighted by molar-refractivity contribution is 7.22. The fraction of sp³-hybridized carbons (Fsp3) is 0.278. The molecule has 0 aliphatic carbocycles. The average Bonchev–Trinajstić information content (AvgIpc) is 3.05. The monoisotopic (exact) mass is 355 g/mol. The van der Waals surface area contributed by atoms with E-state index in [0.29, 0.717) is 11.7 Å². The van der Waals surface area contributed by atoms with Crippen molar-refractivity contribution in [1.29, 1.82) is 0 Å². The summed E-state index contributed by atoms with van der Waals surface area (Å²) in [6, 6.07) is 14.0. The number of fused-ring (bicyclic) bond motifs is 1. The van der Waals surface area contributed by atoms with Crippen molar-refractivity contribution >= 4 is 38.4 Å². The maximum absolute atomic E-state index is 12.3. The van der Waals surface area contributed by atoms with Crippen molar-refractivity contribution < 1.29 is 14.7 Å². The van der Waals surface area contributed by atoms with Crippen molar-refractivity contribution in [3.8, 4) is 0 Å². The van der Waals surface area contributed by atoms with Gasteiger partial charge in [-0.1, -0.05) is 29.5 Å². The largest absolute Gasteiger partial charge is 0.321 e. The summed E-state index contributed by atoms with van der Waals surface area (Å²) < 4.78 is 1.10. The molecule has 3 N–H and O–H groups in total. The minimum absolute atomic E-state index is 0.0359. The number of pyridine rings is 1. The molecule has 2 aromatic heterocycles. The molecule has 1 fully saturated rings. The van der Waals surface area contributed by atoms with Gasteiger partial charge in [0.1, 0.15) is 26.2 Å². The van der Waals surface area contributed by atoms with Gasteiger partial charge in [-0.25, -0.2) is 9.97 Å². The number of hydrogen-bond donors (Lipinski definition) is 2. The van der Waals surface area contributed by atoms with Crippen LogP contribution in [-0.2, 0) is 4.79 Å². The lowest BCUT2D eigenvalue weighted by atomic mass is 10.3. The number of thiazole rings is 1. The molecule has 1 aromatic carbocycles. The van der Waals surface area contributed by atoms with Crippen molar-refractivity contribution in [2.75, 3.05) is 42.9 Å². The van der Waals surface area contributed by atoms with E-state index in [4.69, 9.17) is 0 Å². The predicted octanol–water partition coefficient (Wildman–Crippen LogP) is 0.454. The molecule has 1 amide bonds. The van der Waals surface area contributed by atoms with Crippen LogP contribution >= 0.6 is 11.3 Å². The van der Waals surface area contributed by atoms with E-state index in [1.165, 1.54) is 16.2 Å². The number of anilines is 2. The smallest absolute Gasteiger partial charge is 0.281 e. The number of amides is 1. The number of aromatic amines is 1. The molecule has 4 rings (SSSR count). The number of nitrogens with one attached hydrogen (secondary N) is 3. The SMILES string of the molecule is O=C(C[NH+]1CCN(c2cccc[nH+]2)CC1)Nc1nc2ccccc2s1. The number of para-hydroxylation sites is 1. The summed E-state index contributed by atoms with van der Waals surface area (Å²) in [7, 11) is 0. The normalized spacial score (nSPS) is 15.4. The van der Waals surface area contributed by atoms with Gasteiger partial charge < -0.3 is 4.90 Å². The summed E-state index contributed by atoms with van der Waals surface area (Å²) in [5.74, 6) is 1.18. The second kappa shape index (κ2) is 7.16. The Labute approximate surface area is 150 Å². The van der Waals surface area contributed by atoms with E-state index in [1.54, 1.807) is 0 Å². The molecule has 0 unspecified atom stereocenters. The van der Waals surface area contributed by atoms with Gasteiger partial charge in [0.05, 0.1) is 16.4 Å². The topological polar surface area (TPSA) is 63.8 Å². The molecule has 25 heavy (non-hydrogen) atoms. The van der Waals surface area contributed by atoms with Gasteiger partial charge in [-0.15, -0.1) is 0 Å². The van der Waals surface area contributed by atoms with E-state index in [9.17, 15) is 4.79 Å². The first-order chi connectivity index (χ1) is 12.3. The van der Waals surface area contributed by atoms with Crippen LogP contribution in [0.3, 0.4) is 0 Å². The predicted molar refractivity (Wildman–Crippen MR) is 99.0 cm³/mol. The van der Waals surface area contributed by atoms with E-state index in [2.05, 4.69) is 26.3 Å². The first-order valence-electron chi connectivity index (χ1n) is 8.48. The third-order valence-corrected chi connectivity index (χ3v) is 5.41. The van der Waals surface area contributed by atoms with Gasteiger partial charge in [0.15, 0.2) is 11.7 Å². The zero-order valence-corrected chi connectivity index (χ0v) is 14.7. The molecule has 0 spiro atoms. The van der Waals surface area contributed by atoms with Gasteiger partial charge in [0.2, 0.25) is 0 Å². The molecule has 3 aromatic rings. The number of hydrogen-bond acceptors (Lipinski definition) is 4. The molecule has 0 bridgehead atoms. The number of rotatable bonds is 4. The number of benzene rings is 1. The Hall–Kier alpha value is -2.51. The Morgan fingerprint density at radius 2 is 2.00 bits per heavy atom. The minimum atomic E-state index is 0.0359. The van der Waals surface area contributed by atoms with Gasteiger partial charge in [-0.2, -0.15) is 0 Å². The Morgan fingerprint density at radius 3 is 2.76 bits per heavy atom. The van der Waals surface area contributed by atoms with Crippen LogP contribution in [0.15, 0.2) is 48.7 Å². The maximum atomic E-state index is 12.3. The number of piperazine rings is 1. The summed E-state index contributed by atoms with van der Waals surface area (Å²) in [6.07, 6.45) is 1.94. The number of quaternary nitrogens is 1. The molecular formula is C18H21N5OS+2. The van der Waals surface area contributed by atoms with Crippen molar-refractivity contribution in [2.24, 2.45) is 0 Å². The van der Waals surface area contributed by atoms with Crippen molar-refractivity contribution in [2.45, 2.75) is 0 Å². The zero-order valence-electron chi connectivity index (χ0n) is 13.9. The van der Waals surface area contributed by atoms with E-state index >= 15 is 0 Å². The molecule has 1 saturated heterocycles. The maximum Gasteiger partial charge on any atom is 0.281 e. The second-order valence-electron chi connectivity index (χ2n) is 6.20. The number of carbonyl (C=O) groups is 1. The van der Waals surface area contributed by atoms with Crippen LogP contribution in [0.4, 0.5) is 10.9 Å². The number of carbonyl (C=O) groups excluding carboxylic acids is 1. The summed E-state index contributed by atoms with van der Waals surface area (Å²) in [5.41, 5.74) is 0.933. The first-order valence-corrected chi connectivity index (χ1v) is 9.30. The zero-order chi connectivity index (χ0) is 17.1. The molecule has 1 aliphatic rings. The standard InChI is InChI=1S/C18H19N5OS/c24-17(21-18-20-14-5-1-2-6-15(14)25-18)13-22-9-11-23(12-10-22)16-7-3-4-8-19-16/h1-8H,9-13H2,(H,20,21,24)/p+2. The van der Waals surface area contributed by atoms with Crippen molar-refractivity contribution in [1.82, 2.24) is 4.98 Å². The first kappa shape index (κ1) is 16.0. The van der Waals surface area contributed by atoms with Crippen LogP contribution in [-0.4, -0.2) is 43.6 Å². The fourth-order valence-electron chi connectivity index (χ4n) is 3.14. The van der Waals surface area contributed by atoms with E-state index in [1.807, 2.05) is 42.6 Å². The van der Waals surface area contributed by atoms with Gasteiger partial charge in [0, 0.05) is 6.07 Å². The third kappa shape index (κ3) is 3.78. The lowest BCUT2D eigenvalue weighted by Crippen LogP contribution is -3.15. The Kier molecular flexibility index (Phi) is 4.58. The number of aromatic nitrogens is 2. The Bertz CT molecular complexity index is 825. The molecular weight excluding hydrogens is 334 g/mol. The highest BCUT2D eigenvalue weighted by Gasteiger charge is 2.27. The second-order valence-corrected chi connectivity index (χ2v) is 7.23. The van der Waals surface area contributed by atoms with Gasteiger partial charge in [-0.3, -0.25) is 15.0 Å². The summed E-state index contributed by atoms with van der Waals surface area (Å²) in [5, 5.41) is 3.63. The minimum Gasteiger partial charge on any atom is -0.321 e. The molecule has 3 heterocycles. The average molecular weight is 355 g/mol. The van der Waals surface area contributed by atoms with Crippen LogP contribution < -0.4 is 20.1 Å². The van der Waals surface area contributed by atoms with E-state index < -0.39 is 0 Å². The molecule has 6 nitrogen and oxygen atoms in total. The van der Waals surface area contributed by atoms with Crippen LogP contribution in [0.2, 0.25) is 0 Å². The lowest BCUT2D eigenvalue weighted by molar-refractivity contribution is -0.892. The summed E-state index contributed by atoms with van der Waals surface area (Å²) in [6.45, 7) is 4.29. The van der Waals surface area contributed by atoms with Crippen molar-refractivity contribution in [3.63, 3.8) is 0 Å². The lowest BCUT2D eigenvalue weighted by Gasteiger charge is -2.27.